The Labute approximate surface area is 205 Å². The van der Waals surface area contributed by atoms with Gasteiger partial charge in [-0.1, -0.05) is 37.3 Å². The van der Waals surface area contributed by atoms with Crippen molar-refractivity contribution in [3.63, 3.8) is 0 Å². The number of aryl methyl sites for hydroxylation is 1. The first kappa shape index (κ1) is 24.9. The summed E-state index contributed by atoms with van der Waals surface area (Å²) in [6.07, 6.45) is 3.44. The molecule has 1 aliphatic rings. The van der Waals surface area contributed by atoms with Gasteiger partial charge in [-0.05, 0) is 61.4 Å². The van der Waals surface area contributed by atoms with Gasteiger partial charge in [-0.15, -0.1) is 0 Å². The minimum absolute atomic E-state index is 0.0480. The van der Waals surface area contributed by atoms with Gasteiger partial charge in [-0.3, -0.25) is 4.79 Å². The number of carbonyl (C=O) groups excluding carboxylic acids is 1. The lowest BCUT2D eigenvalue weighted by Gasteiger charge is -2.35. The lowest BCUT2D eigenvalue weighted by Crippen LogP contribution is -2.45. The molecule has 35 heavy (non-hydrogen) atoms. The number of methoxy groups -OCH3 is 1. The van der Waals surface area contributed by atoms with E-state index in [1.54, 1.807) is 13.2 Å². The predicted molar refractivity (Wildman–Crippen MR) is 133 cm³/mol. The second-order valence-electron chi connectivity index (χ2n) is 9.18. The minimum Gasteiger partial charge on any atom is -0.480 e. The summed E-state index contributed by atoms with van der Waals surface area (Å²) in [5.41, 5.74) is 3.76. The maximum absolute atomic E-state index is 14.3. The monoisotopic (exact) mass is 480 g/mol. The Morgan fingerprint density at radius 1 is 1.23 bits per heavy atom. The number of aliphatic carboxylic acids is 1. The van der Waals surface area contributed by atoms with Crippen molar-refractivity contribution < 1.29 is 23.8 Å². The third kappa shape index (κ3) is 5.25. The van der Waals surface area contributed by atoms with E-state index in [0.29, 0.717) is 45.3 Å². The summed E-state index contributed by atoms with van der Waals surface area (Å²) in [6.45, 7) is 2.78. The second-order valence-corrected chi connectivity index (χ2v) is 9.18. The van der Waals surface area contributed by atoms with Gasteiger partial charge in [0.1, 0.15) is 11.9 Å². The zero-order chi connectivity index (χ0) is 24.9. The molecule has 1 amide bonds. The number of rotatable bonds is 10. The number of ether oxygens (including phenoxy) is 1. The molecule has 1 aromatic heterocycles. The van der Waals surface area contributed by atoms with Crippen molar-refractivity contribution in [2.45, 2.75) is 57.5 Å². The summed E-state index contributed by atoms with van der Waals surface area (Å²) in [7, 11) is 1.62. The number of hydrogen-bond acceptors (Lipinski definition) is 3. The van der Waals surface area contributed by atoms with Crippen LogP contribution in [0, 0.1) is 5.82 Å². The Hall–Kier alpha value is -3.19. The minimum atomic E-state index is -0.892. The largest absolute Gasteiger partial charge is 0.480 e. The van der Waals surface area contributed by atoms with Crippen molar-refractivity contribution in [2.75, 3.05) is 20.3 Å². The Morgan fingerprint density at radius 3 is 2.69 bits per heavy atom. The van der Waals surface area contributed by atoms with E-state index in [-0.39, 0.29) is 17.8 Å². The molecule has 0 spiro atoms. The standard InChI is InChI=1S/C28H33FN2O4/c1-3-24(28(33)34)31-25-12-10-20(29)17-22(25)23-18-21(11-13-26(23)31)30(15-16-35-2)27(32)14-9-19-7-5-4-6-8-19/h4-8,10,12,17,21,24H,3,9,11,13-16,18H2,1-2H3,(H,33,34)/t21-,24?/m0/s1. The molecular formula is C28H33FN2O4. The normalized spacial score (nSPS) is 16.1. The maximum atomic E-state index is 14.3. The average molecular weight is 481 g/mol. The van der Waals surface area contributed by atoms with Gasteiger partial charge in [0.25, 0.3) is 0 Å². The molecule has 1 unspecified atom stereocenters. The molecular weight excluding hydrogens is 447 g/mol. The lowest BCUT2D eigenvalue weighted by molar-refractivity contribution is -0.141. The van der Waals surface area contributed by atoms with Crippen LogP contribution in [-0.2, 0) is 33.6 Å². The topological polar surface area (TPSA) is 71.8 Å². The van der Waals surface area contributed by atoms with Crippen LogP contribution in [-0.4, -0.2) is 52.8 Å². The van der Waals surface area contributed by atoms with Crippen LogP contribution in [0.25, 0.3) is 10.9 Å². The molecule has 186 valence electrons. The number of fused-ring (bicyclic) bond motifs is 3. The van der Waals surface area contributed by atoms with Crippen LogP contribution >= 0.6 is 0 Å². The Kier molecular flexibility index (Phi) is 7.86. The summed E-state index contributed by atoms with van der Waals surface area (Å²) >= 11 is 0. The van der Waals surface area contributed by atoms with Gasteiger partial charge in [0.15, 0.2) is 0 Å². The van der Waals surface area contributed by atoms with E-state index in [1.165, 1.54) is 12.1 Å². The Bertz CT molecular complexity index is 1190. The number of nitrogens with zero attached hydrogens (tertiary/aromatic N) is 2. The molecule has 6 nitrogen and oxygen atoms in total. The first-order valence-corrected chi connectivity index (χ1v) is 12.3. The molecule has 3 aromatic rings. The first-order chi connectivity index (χ1) is 16.9. The third-order valence-electron chi connectivity index (χ3n) is 7.09. The molecule has 2 atom stereocenters. The molecule has 0 saturated carbocycles. The van der Waals surface area contributed by atoms with Gasteiger partial charge in [0, 0.05) is 42.7 Å². The number of halogens is 1. The number of carbonyl (C=O) groups is 2. The van der Waals surface area contributed by atoms with E-state index in [9.17, 15) is 19.1 Å². The van der Waals surface area contributed by atoms with Crippen molar-refractivity contribution in [3.8, 4) is 0 Å². The highest BCUT2D eigenvalue weighted by atomic mass is 19.1. The van der Waals surface area contributed by atoms with E-state index < -0.39 is 12.0 Å². The molecule has 1 aliphatic carbocycles. The van der Waals surface area contributed by atoms with Crippen molar-refractivity contribution >= 4 is 22.8 Å². The van der Waals surface area contributed by atoms with Crippen molar-refractivity contribution in [2.24, 2.45) is 0 Å². The molecule has 0 radical (unpaired) electrons. The number of aromatic nitrogens is 1. The lowest BCUT2D eigenvalue weighted by atomic mass is 9.89. The van der Waals surface area contributed by atoms with Crippen LogP contribution < -0.4 is 0 Å². The fraction of sp³-hybridized carbons (Fsp3) is 0.429. The van der Waals surface area contributed by atoms with E-state index in [1.807, 2.05) is 46.7 Å². The zero-order valence-electron chi connectivity index (χ0n) is 20.4. The van der Waals surface area contributed by atoms with Gasteiger partial charge in [0.2, 0.25) is 5.91 Å². The number of carboxylic acid groups (broad SMARTS) is 1. The second kappa shape index (κ2) is 11.0. The molecule has 0 fully saturated rings. The van der Waals surface area contributed by atoms with Gasteiger partial charge in [-0.25, -0.2) is 9.18 Å². The fourth-order valence-corrected chi connectivity index (χ4v) is 5.38. The van der Waals surface area contributed by atoms with Crippen LogP contribution in [0.3, 0.4) is 0 Å². The molecule has 4 rings (SSSR count). The van der Waals surface area contributed by atoms with E-state index in [2.05, 4.69) is 0 Å². The molecule has 7 heteroatoms. The summed E-state index contributed by atoms with van der Waals surface area (Å²) < 4.78 is 21.4. The van der Waals surface area contributed by atoms with Gasteiger partial charge < -0.3 is 19.3 Å². The SMILES string of the molecule is CCC(C(=O)O)n1c2c(c3cc(F)ccc31)C[C@@H](N(CCOC)C(=O)CCc1ccccc1)CC2. The number of benzene rings is 2. The van der Waals surface area contributed by atoms with Crippen LogP contribution in [0.5, 0.6) is 0 Å². The number of carboxylic acids is 1. The summed E-state index contributed by atoms with van der Waals surface area (Å²) in [5.74, 6) is -1.17. The number of hydrogen-bond donors (Lipinski definition) is 1. The Balaban J connectivity index is 1.64. The first-order valence-electron chi connectivity index (χ1n) is 12.3. The molecule has 0 aliphatic heterocycles. The summed E-state index contributed by atoms with van der Waals surface area (Å²) in [6, 6.07) is 13.8. The van der Waals surface area contributed by atoms with Gasteiger partial charge in [-0.2, -0.15) is 0 Å². The average Bonchev–Trinajstić information content (AvgIpc) is 3.17. The van der Waals surface area contributed by atoms with E-state index >= 15 is 0 Å². The van der Waals surface area contributed by atoms with E-state index in [0.717, 1.165) is 34.1 Å². The van der Waals surface area contributed by atoms with Crippen LogP contribution in [0.4, 0.5) is 4.39 Å². The molecule has 2 aromatic carbocycles. The van der Waals surface area contributed by atoms with Crippen LogP contribution in [0.2, 0.25) is 0 Å². The smallest absolute Gasteiger partial charge is 0.326 e. The van der Waals surface area contributed by atoms with Crippen molar-refractivity contribution in [1.29, 1.82) is 0 Å². The van der Waals surface area contributed by atoms with E-state index in [4.69, 9.17) is 4.74 Å². The zero-order valence-corrected chi connectivity index (χ0v) is 20.4. The Morgan fingerprint density at radius 2 is 2.00 bits per heavy atom. The fourth-order valence-electron chi connectivity index (χ4n) is 5.38. The number of amides is 1. The van der Waals surface area contributed by atoms with Crippen molar-refractivity contribution in [1.82, 2.24) is 9.47 Å². The highest BCUT2D eigenvalue weighted by Gasteiger charge is 2.33. The molecule has 1 heterocycles. The van der Waals surface area contributed by atoms with Crippen LogP contribution in [0.15, 0.2) is 48.5 Å². The maximum Gasteiger partial charge on any atom is 0.326 e. The molecule has 1 N–H and O–H groups in total. The van der Waals surface area contributed by atoms with Gasteiger partial charge in [0.05, 0.1) is 6.61 Å². The quantitative estimate of drug-likeness (QED) is 0.453. The highest BCUT2D eigenvalue weighted by molar-refractivity contribution is 5.88. The summed E-state index contributed by atoms with van der Waals surface area (Å²) in [5, 5.41) is 10.6. The molecule has 0 saturated heterocycles. The molecule has 0 bridgehead atoms. The predicted octanol–water partition coefficient (Wildman–Crippen LogP) is 4.78. The van der Waals surface area contributed by atoms with Gasteiger partial charge >= 0.3 is 5.97 Å². The summed E-state index contributed by atoms with van der Waals surface area (Å²) in [4.78, 5) is 27.3. The highest BCUT2D eigenvalue weighted by Crippen LogP contribution is 2.37. The van der Waals surface area contributed by atoms with Crippen molar-refractivity contribution in [3.05, 3.63) is 71.2 Å². The van der Waals surface area contributed by atoms with Crippen LogP contribution in [0.1, 0.15) is 49.0 Å². The third-order valence-corrected chi connectivity index (χ3v) is 7.09.